The van der Waals surface area contributed by atoms with E-state index in [4.69, 9.17) is 19.9 Å². The number of ether oxygens (including phenoxy) is 3. The zero-order chi connectivity index (χ0) is 15.0. The lowest BCUT2D eigenvalue weighted by Gasteiger charge is -2.17. The lowest BCUT2D eigenvalue weighted by Crippen LogP contribution is -2.25. The van der Waals surface area contributed by atoms with Crippen molar-refractivity contribution in [3.63, 3.8) is 0 Å². The van der Waals surface area contributed by atoms with Crippen LogP contribution in [0.2, 0.25) is 0 Å². The van der Waals surface area contributed by atoms with Crippen molar-refractivity contribution < 1.29 is 19.3 Å². The highest BCUT2D eigenvalue weighted by atomic mass is 16.5. The molecule has 5 nitrogen and oxygen atoms in total. The number of aliphatic hydroxyl groups excluding tert-OH is 1. The Morgan fingerprint density at radius 1 is 1.25 bits per heavy atom. The Bertz CT molecular complexity index is 395. The first kappa shape index (κ1) is 16.9. The minimum atomic E-state index is -0.672. The first-order chi connectivity index (χ1) is 9.54. The van der Waals surface area contributed by atoms with Gasteiger partial charge in [-0.05, 0) is 19.9 Å². The summed E-state index contributed by atoms with van der Waals surface area (Å²) in [6.07, 6.45) is -0.672. The number of benzene rings is 1. The Morgan fingerprint density at radius 2 is 2.00 bits per heavy atom. The summed E-state index contributed by atoms with van der Waals surface area (Å²) in [6.45, 7) is 5.29. The number of nitrogens with two attached hydrogens (primary N) is 1. The zero-order valence-electron chi connectivity index (χ0n) is 12.5. The van der Waals surface area contributed by atoms with Crippen LogP contribution in [0.1, 0.15) is 24.1 Å². The van der Waals surface area contributed by atoms with Crippen LogP contribution in [0.3, 0.4) is 0 Å². The van der Waals surface area contributed by atoms with Gasteiger partial charge in [-0.2, -0.15) is 0 Å². The van der Waals surface area contributed by atoms with Gasteiger partial charge in [-0.15, -0.1) is 0 Å². The smallest absolute Gasteiger partial charge is 0.124 e. The number of aliphatic hydroxyl groups is 1. The largest absolute Gasteiger partial charge is 0.490 e. The normalized spacial score (nSPS) is 14.1. The van der Waals surface area contributed by atoms with Gasteiger partial charge in [0, 0.05) is 18.7 Å². The fraction of sp³-hybridized carbons (Fsp3) is 0.600. The van der Waals surface area contributed by atoms with E-state index in [1.165, 1.54) is 0 Å². The van der Waals surface area contributed by atoms with Crippen LogP contribution in [0.5, 0.6) is 5.75 Å². The third-order valence-corrected chi connectivity index (χ3v) is 2.83. The van der Waals surface area contributed by atoms with Crippen LogP contribution in [0, 0.1) is 6.92 Å². The van der Waals surface area contributed by atoms with Crippen molar-refractivity contribution >= 4 is 0 Å². The molecule has 0 aliphatic carbocycles. The van der Waals surface area contributed by atoms with E-state index in [9.17, 15) is 5.11 Å². The van der Waals surface area contributed by atoms with Gasteiger partial charge < -0.3 is 25.1 Å². The van der Waals surface area contributed by atoms with E-state index in [1.807, 2.05) is 32.0 Å². The highest BCUT2D eigenvalue weighted by Gasteiger charge is 2.11. The van der Waals surface area contributed by atoms with E-state index in [-0.39, 0.29) is 19.3 Å². The quantitative estimate of drug-likeness (QED) is 0.670. The van der Waals surface area contributed by atoms with Crippen molar-refractivity contribution in [2.75, 3.05) is 33.5 Å². The van der Waals surface area contributed by atoms with Crippen LogP contribution in [0.4, 0.5) is 0 Å². The van der Waals surface area contributed by atoms with Gasteiger partial charge in [0.05, 0.1) is 19.8 Å². The molecule has 0 fully saturated rings. The fourth-order valence-electron chi connectivity index (χ4n) is 1.75. The molecule has 3 N–H and O–H groups in total. The first-order valence-electron chi connectivity index (χ1n) is 6.78. The lowest BCUT2D eigenvalue weighted by molar-refractivity contribution is -0.00435. The van der Waals surface area contributed by atoms with Crippen molar-refractivity contribution in [2.45, 2.75) is 26.0 Å². The second kappa shape index (κ2) is 8.92. The Balaban J connectivity index is 2.44. The summed E-state index contributed by atoms with van der Waals surface area (Å²) in [5.41, 5.74) is 8.00. The van der Waals surface area contributed by atoms with Crippen LogP contribution in [0.25, 0.3) is 0 Å². The van der Waals surface area contributed by atoms with E-state index in [0.717, 1.165) is 11.1 Å². The van der Waals surface area contributed by atoms with Crippen molar-refractivity contribution in [2.24, 2.45) is 5.73 Å². The number of rotatable bonds is 9. The van der Waals surface area contributed by atoms with Crippen molar-refractivity contribution in [3.05, 3.63) is 29.3 Å². The standard InChI is InChI=1S/C15H25NO4/c1-11-4-5-15(14(8-11)12(2)16)20-10-13(17)9-19-7-6-18-3/h4-5,8,12-13,17H,6-7,9-10,16H2,1-3H3/t12-,13?/m1/s1. The Kier molecular flexibility index (Phi) is 7.54. The van der Waals surface area contributed by atoms with Crippen LogP contribution in [-0.4, -0.2) is 44.7 Å². The molecule has 0 saturated heterocycles. The number of methoxy groups -OCH3 is 1. The molecule has 1 aromatic carbocycles. The fourth-order valence-corrected chi connectivity index (χ4v) is 1.75. The van der Waals surface area contributed by atoms with Gasteiger partial charge >= 0.3 is 0 Å². The molecule has 1 rings (SSSR count). The first-order valence-corrected chi connectivity index (χ1v) is 6.78. The Labute approximate surface area is 120 Å². The van der Waals surface area contributed by atoms with Gasteiger partial charge in [-0.1, -0.05) is 17.7 Å². The maximum atomic E-state index is 9.77. The summed E-state index contributed by atoms with van der Waals surface area (Å²) >= 11 is 0. The molecule has 0 aliphatic heterocycles. The van der Waals surface area contributed by atoms with Gasteiger partial charge in [0.25, 0.3) is 0 Å². The molecule has 20 heavy (non-hydrogen) atoms. The summed E-state index contributed by atoms with van der Waals surface area (Å²) in [5, 5.41) is 9.77. The molecule has 0 bridgehead atoms. The van der Waals surface area contributed by atoms with Gasteiger partial charge in [0.15, 0.2) is 0 Å². The minimum Gasteiger partial charge on any atom is -0.490 e. The summed E-state index contributed by atoms with van der Waals surface area (Å²) in [7, 11) is 1.61. The van der Waals surface area contributed by atoms with Gasteiger partial charge in [-0.25, -0.2) is 0 Å². The van der Waals surface area contributed by atoms with E-state index in [0.29, 0.717) is 19.0 Å². The molecule has 0 saturated carbocycles. The van der Waals surface area contributed by atoms with Gasteiger partial charge in [-0.3, -0.25) is 0 Å². The molecule has 114 valence electrons. The number of hydrogen-bond donors (Lipinski definition) is 2. The number of aryl methyl sites for hydroxylation is 1. The average Bonchev–Trinajstić information content (AvgIpc) is 2.42. The minimum absolute atomic E-state index is 0.111. The van der Waals surface area contributed by atoms with E-state index < -0.39 is 6.10 Å². The third kappa shape index (κ3) is 5.88. The van der Waals surface area contributed by atoms with Crippen LogP contribution in [0.15, 0.2) is 18.2 Å². The predicted molar refractivity (Wildman–Crippen MR) is 78.0 cm³/mol. The van der Waals surface area contributed by atoms with E-state index in [1.54, 1.807) is 7.11 Å². The van der Waals surface area contributed by atoms with E-state index >= 15 is 0 Å². The number of hydrogen-bond acceptors (Lipinski definition) is 5. The molecule has 0 aromatic heterocycles. The molecule has 1 unspecified atom stereocenters. The van der Waals surface area contributed by atoms with Gasteiger partial charge in [0.1, 0.15) is 18.5 Å². The van der Waals surface area contributed by atoms with Crippen molar-refractivity contribution in [1.29, 1.82) is 0 Å². The van der Waals surface area contributed by atoms with Crippen LogP contribution >= 0.6 is 0 Å². The monoisotopic (exact) mass is 283 g/mol. The highest BCUT2D eigenvalue weighted by molar-refractivity contribution is 5.38. The maximum absolute atomic E-state index is 9.77. The molecular formula is C15H25NO4. The predicted octanol–water partition coefficient (Wildman–Crippen LogP) is 1.42. The van der Waals surface area contributed by atoms with Crippen LogP contribution in [-0.2, 0) is 9.47 Å². The Morgan fingerprint density at radius 3 is 2.65 bits per heavy atom. The molecular weight excluding hydrogens is 258 g/mol. The zero-order valence-corrected chi connectivity index (χ0v) is 12.5. The topological polar surface area (TPSA) is 73.9 Å². The molecule has 0 radical (unpaired) electrons. The molecule has 0 amide bonds. The summed E-state index contributed by atoms with van der Waals surface area (Å²) < 4.78 is 15.7. The summed E-state index contributed by atoms with van der Waals surface area (Å²) in [4.78, 5) is 0. The van der Waals surface area contributed by atoms with Gasteiger partial charge in [0.2, 0.25) is 0 Å². The van der Waals surface area contributed by atoms with Crippen molar-refractivity contribution in [1.82, 2.24) is 0 Å². The highest BCUT2D eigenvalue weighted by Crippen LogP contribution is 2.25. The summed E-state index contributed by atoms with van der Waals surface area (Å²) in [6, 6.07) is 5.73. The molecule has 0 spiro atoms. The molecule has 0 aliphatic rings. The maximum Gasteiger partial charge on any atom is 0.124 e. The lowest BCUT2D eigenvalue weighted by atomic mass is 10.1. The Hall–Kier alpha value is -1.14. The molecule has 5 heteroatoms. The second-order valence-corrected chi connectivity index (χ2v) is 4.86. The van der Waals surface area contributed by atoms with Crippen LogP contribution < -0.4 is 10.5 Å². The van der Waals surface area contributed by atoms with E-state index in [2.05, 4.69) is 0 Å². The summed E-state index contributed by atoms with van der Waals surface area (Å²) in [5.74, 6) is 0.710. The SMILES string of the molecule is COCCOCC(O)COc1ccc(C)cc1[C@@H](C)N. The molecule has 1 aromatic rings. The molecule has 0 heterocycles. The third-order valence-electron chi connectivity index (χ3n) is 2.83. The average molecular weight is 283 g/mol. The molecule has 2 atom stereocenters. The second-order valence-electron chi connectivity index (χ2n) is 4.86. The van der Waals surface area contributed by atoms with Crippen molar-refractivity contribution in [3.8, 4) is 5.75 Å².